The Balaban J connectivity index is 2.28. The van der Waals surface area contributed by atoms with Crippen LogP contribution < -0.4 is 5.73 Å². The SMILES string of the molecule is CC1CSCCN1S(=O)(=O)c1ccc(CN)cc1. The molecule has 0 spiro atoms. The van der Waals surface area contributed by atoms with Gasteiger partial charge in [0.25, 0.3) is 0 Å². The Morgan fingerprint density at radius 2 is 2.06 bits per heavy atom. The largest absolute Gasteiger partial charge is 0.326 e. The van der Waals surface area contributed by atoms with Gasteiger partial charge >= 0.3 is 0 Å². The zero-order valence-electron chi connectivity index (χ0n) is 10.4. The Bertz CT molecular complexity index is 499. The molecule has 1 aromatic carbocycles. The smallest absolute Gasteiger partial charge is 0.243 e. The van der Waals surface area contributed by atoms with Crippen molar-refractivity contribution >= 4 is 21.8 Å². The molecule has 18 heavy (non-hydrogen) atoms. The summed E-state index contributed by atoms with van der Waals surface area (Å²) in [7, 11) is -3.36. The predicted molar refractivity (Wildman–Crippen MR) is 75.0 cm³/mol. The molecule has 1 atom stereocenters. The highest BCUT2D eigenvalue weighted by Gasteiger charge is 2.30. The topological polar surface area (TPSA) is 63.4 Å². The number of rotatable bonds is 3. The quantitative estimate of drug-likeness (QED) is 0.909. The lowest BCUT2D eigenvalue weighted by Crippen LogP contribution is -2.44. The number of hydrogen-bond acceptors (Lipinski definition) is 4. The number of thioether (sulfide) groups is 1. The maximum atomic E-state index is 12.5. The zero-order chi connectivity index (χ0) is 13.2. The highest BCUT2D eigenvalue weighted by Crippen LogP contribution is 2.24. The van der Waals surface area contributed by atoms with Crippen LogP contribution in [-0.4, -0.2) is 36.8 Å². The van der Waals surface area contributed by atoms with Gasteiger partial charge in [0.05, 0.1) is 4.90 Å². The van der Waals surface area contributed by atoms with Crippen LogP contribution in [0.5, 0.6) is 0 Å². The lowest BCUT2D eigenvalue weighted by atomic mass is 10.2. The van der Waals surface area contributed by atoms with Crippen molar-refractivity contribution in [2.24, 2.45) is 5.73 Å². The van der Waals surface area contributed by atoms with Crippen molar-refractivity contribution in [1.82, 2.24) is 4.31 Å². The van der Waals surface area contributed by atoms with Crippen LogP contribution in [0.15, 0.2) is 29.2 Å². The number of nitrogens with two attached hydrogens (primary N) is 1. The number of nitrogens with zero attached hydrogens (tertiary/aromatic N) is 1. The van der Waals surface area contributed by atoms with Crippen molar-refractivity contribution in [2.75, 3.05) is 18.1 Å². The second-order valence-corrected chi connectivity index (χ2v) is 7.43. The van der Waals surface area contributed by atoms with Gasteiger partial charge in [0.2, 0.25) is 10.0 Å². The molecular formula is C12H18N2O2S2. The zero-order valence-corrected chi connectivity index (χ0v) is 12.0. The van der Waals surface area contributed by atoms with Crippen LogP contribution in [0.1, 0.15) is 12.5 Å². The van der Waals surface area contributed by atoms with E-state index in [4.69, 9.17) is 5.73 Å². The number of sulfonamides is 1. The van der Waals surface area contributed by atoms with Gasteiger partial charge in [-0.05, 0) is 24.6 Å². The van der Waals surface area contributed by atoms with Crippen molar-refractivity contribution in [1.29, 1.82) is 0 Å². The first-order chi connectivity index (χ1) is 8.55. The van der Waals surface area contributed by atoms with E-state index in [9.17, 15) is 8.42 Å². The molecule has 1 unspecified atom stereocenters. The van der Waals surface area contributed by atoms with Gasteiger partial charge in [-0.1, -0.05) is 12.1 Å². The molecule has 0 saturated carbocycles. The average Bonchev–Trinajstić information content (AvgIpc) is 2.39. The van der Waals surface area contributed by atoms with E-state index in [-0.39, 0.29) is 6.04 Å². The maximum absolute atomic E-state index is 12.5. The standard InChI is InChI=1S/C12H18N2O2S2/c1-10-9-17-7-6-14(10)18(15,16)12-4-2-11(8-13)3-5-12/h2-5,10H,6-9,13H2,1H3. The molecule has 0 bridgehead atoms. The second-order valence-electron chi connectivity index (χ2n) is 4.39. The Hall–Kier alpha value is -0.560. The van der Waals surface area contributed by atoms with Gasteiger partial charge in [0, 0.05) is 30.6 Å². The molecule has 2 N–H and O–H groups in total. The predicted octanol–water partition coefficient (Wildman–Crippen LogP) is 1.27. The van der Waals surface area contributed by atoms with Crippen LogP contribution in [0.2, 0.25) is 0 Å². The van der Waals surface area contributed by atoms with Gasteiger partial charge < -0.3 is 5.73 Å². The van der Waals surface area contributed by atoms with E-state index in [1.807, 2.05) is 6.92 Å². The van der Waals surface area contributed by atoms with Crippen LogP contribution in [0.4, 0.5) is 0 Å². The lowest BCUT2D eigenvalue weighted by Gasteiger charge is -2.31. The van der Waals surface area contributed by atoms with E-state index in [0.717, 1.165) is 17.1 Å². The molecule has 0 aliphatic carbocycles. The minimum atomic E-state index is -3.36. The van der Waals surface area contributed by atoms with E-state index >= 15 is 0 Å². The molecule has 6 heteroatoms. The van der Waals surface area contributed by atoms with Crippen molar-refractivity contribution in [3.05, 3.63) is 29.8 Å². The Morgan fingerprint density at radius 1 is 1.39 bits per heavy atom. The van der Waals surface area contributed by atoms with E-state index in [2.05, 4.69) is 0 Å². The Kier molecular flexibility index (Phi) is 4.32. The summed E-state index contributed by atoms with van der Waals surface area (Å²) in [6.45, 7) is 2.97. The molecule has 0 aromatic heterocycles. The summed E-state index contributed by atoms with van der Waals surface area (Å²) in [6.07, 6.45) is 0. The number of hydrogen-bond donors (Lipinski definition) is 1. The van der Waals surface area contributed by atoms with Gasteiger partial charge in [0.15, 0.2) is 0 Å². The summed E-state index contributed by atoms with van der Waals surface area (Å²) in [6, 6.07) is 6.90. The van der Waals surface area contributed by atoms with E-state index in [1.165, 1.54) is 0 Å². The molecular weight excluding hydrogens is 268 g/mol. The Morgan fingerprint density at radius 3 is 2.61 bits per heavy atom. The molecule has 0 amide bonds. The monoisotopic (exact) mass is 286 g/mol. The van der Waals surface area contributed by atoms with Crippen molar-refractivity contribution < 1.29 is 8.42 Å². The molecule has 1 aliphatic heterocycles. The molecule has 1 aromatic rings. The summed E-state index contributed by atoms with van der Waals surface area (Å²) >= 11 is 1.80. The van der Waals surface area contributed by atoms with Crippen molar-refractivity contribution in [3.8, 4) is 0 Å². The van der Waals surface area contributed by atoms with Crippen LogP contribution in [-0.2, 0) is 16.6 Å². The van der Waals surface area contributed by atoms with Gasteiger partial charge in [-0.2, -0.15) is 16.1 Å². The fourth-order valence-electron chi connectivity index (χ4n) is 2.00. The lowest BCUT2D eigenvalue weighted by molar-refractivity contribution is 0.367. The summed E-state index contributed by atoms with van der Waals surface area (Å²) in [5, 5.41) is 0. The summed E-state index contributed by atoms with van der Waals surface area (Å²) in [4.78, 5) is 0.360. The van der Waals surface area contributed by atoms with Gasteiger partial charge in [-0.15, -0.1) is 0 Å². The Labute approximate surface area is 113 Å². The van der Waals surface area contributed by atoms with Crippen molar-refractivity contribution in [2.45, 2.75) is 24.4 Å². The van der Waals surface area contributed by atoms with Crippen LogP contribution >= 0.6 is 11.8 Å². The summed E-state index contributed by atoms with van der Waals surface area (Å²) < 4.78 is 26.6. The molecule has 4 nitrogen and oxygen atoms in total. The van der Waals surface area contributed by atoms with E-state index in [1.54, 1.807) is 40.3 Å². The van der Waals surface area contributed by atoms with Crippen molar-refractivity contribution in [3.63, 3.8) is 0 Å². The molecule has 1 aliphatic rings. The normalized spacial score (nSPS) is 22.0. The van der Waals surface area contributed by atoms with E-state index < -0.39 is 10.0 Å². The van der Waals surface area contributed by atoms with Crippen LogP contribution in [0, 0.1) is 0 Å². The minimum Gasteiger partial charge on any atom is -0.326 e. The average molecular weight is 286 g/mol. The molecule has 1 fully saturated rings. The molecule has 1 saturated heterocycles. The molecule has 2 rings (SSSR count). The molecule has 1 heterocycles. The highest BCUT2D eigenvalue weighted by atomic mass is 32.2. The van der Waals surface area contributed by atoms with Crippen LogP contribution in [0.3, 0.4) is 0 Å². The first kappa shape index (κ1) is 13.9. The third-order valence-corrected chi connectivity index (χ3v) is 6.29. The van der Waals surface area contributed by atoms with Gasteiger partial charge in [-0.3, -0.25) is 0 Å². The highest BCUT2D eigenvalue weighted by molar-refractivity contribution is 7.99. The molecule has 100 valence electrons. The third-order valence-electron chi connectivity index (χ3n) is 3.07. The fraction of sp³-hybridized carbons (Fsp3) is 0.500. The fourth-order valence-corrected chi connectivity index (χ4v) is 4.86. The first-order valence-corrected chi connectivity index (χ1v) is 8.54. The summed E-state index contributed by atoms with van der Waals surface area (Å²) in [5.74, 6) is 1.73. The van der Waals surface area contributed by atoms with Crippen LogP contribution in [0.25, 0.3) is 0 Å². The van der Waals surface area contributed by atoms with Gasteiger partial charge in [0.1, 0.15) is 0 Å². The first-order valence-electron chi connectivity index (χ1n) is 5.94. The van der Waals surface area contributed by atoms with E-state index in [0.29, 0.717) is 18.0 Å². The maximum Gasteiger partial charge on any atom is 0.243 e. The molecule has 0 radical (unpaired) electrons. The number of benzene rings is 1. The minimum absolute atomic E-state index is 0.0583. The second kappa shape index (κ2) is 5.61. The summed E-state index contributed by atoms with van der Waals surface area (Å²) in [5.41, 5.74) is 6.45. The van der Waals surface area contributed by atoms with Gasteiger partial charge in [-0.25, -0.2) is 8.42 Å². The third kappa shape index (κ3) is 2.71.